The summed E-state index contributed by atoms with van der Waals surface area (Å²) in [6.07, 6.45) is 2.20. The topological polar surface area (TPSA) is 104 Å². The number of aromatic nitrogens is 1. The Balaban J connectivity index is 1.24. The second kappa shape index (κ2) is 8.50. The molecule has 0 spiro atoms. The number of aromatic amines is 1. The molecule has 1 saturated heterocycles. The number of carbonyl (C=O) groups is 3. The number of imide groups is 1. The maximum Gasteiger partial charge on any atom is 0.325 e. The Bertz CT molecular complexity index is 1240. The third kappa shape index (κ3) is 3.97. The van der Waals surface area contributed by atoms with E-state index in [0.29, 0.717) is 31.0 Å². The van der Waals surface area contributed by atoms with Gasteiger partial charge in [-0.2, -0.15) is 0 Å². The van der Waals surface area contributed by atoms with Crippen LogP contribution in [0.5, 0.6) is 11.5 Å². The zero-order valence-corrected chi connectivity index (χ0v) is 18.2. The molecule has 2 N–H and O–H groups in total. The monoisotopic (exact) mass is 448 g/mol. The second-order valence-corrected chi connectivity index (χ2v) is 8.09. The van der Waals surface area contributed by atoms with Gasteiger partial charge in [-0.25, -0.2) is 4.79 Å². The lowest BCUT2D eigenvalue weighted by Gasteiger charge is -2.23. The highest BCUT2D eigenvalue weighted by atomic mass is 16.7. The van der Waals surface area contributed by atoms with Gasteiger partial charge < -0.3 is 24.7 Å². The molecule has 2 aliphatic heterocycles. The number of nitrogens with zero attached hydrogens (tertiary/aromatic N) is 2. The standard InChI is InChI=1S/C24H24N4O5/c1-2-27(12-15-7-8-20-21(9-15)33-14-32-20)22(29)13-28-23(30)19(26-24(28)31)10-16-11-25-18-6-4-3-5-17(16)18/h3-9,11,19,25H,2,10,12-14H2,1H3,(H,26,31)/t19-/m1/s1. The first-order chi connectivity index (χ1) is 16.0. The molecule has 3 heterocycles. The summed E-state index contributed by atoms with van der Waals surface area (Å²) < 4.78 is 10.7. The molecule has 1 atom stereocenters. The van der Waals surface area contributed by atoms with Crippen molar-refractivity contribution in [2.24, 2.45) is 0 Å². The third-order valence-electron chi connectivity index (χ3n) is 6.04. The van der Waals surface area contributed by atoms with Crippen molar-refractivity contribution < 1.29 is 23.9 Å². The fourth-order valence-corrected chi connectivity index (χ4v) is 4.26. The number of H-pyrrole nitrogens is 1. The molecule has 9 nitrogen and oxygen atoms in total. The summed E-state index contributed by atoms with van der Waals surface area (Å²) in [4.78, 5) is 44.2. The molecular formula is C24H24N4O5. The number of fused-ring (bicyclic) bond motifs is 2. The third-order valence-corrected chi connectivity index (χ3v) is 6.04. The molecule has 1 aromatic heterocycles. The number of ether oxygens (including phenoxy) is 2. The van der Waals surface area contributed by atoms with Crippen LogP contribution in [0.1, 0.15) is 18.1 Å². The van der Waals surface area contributed by atoms with Crippen molar-refractivity contribution in [3.05, 3.63) is 59.8 Å². The number of rotatable bonds is 7. The first kappa shape index (κ1) is 20.9. The van der Waals surface area contributed by atoms with E-state index in [9.17, 15) is 14.4 Å². The Morgan fingerprint density at radius 3 is 2.82 bits per heavy atom. The lowest BCUT2D eigenvalue weighted by molar-refractivity contribution is -0.137. The van der Waals surface area contributed by atoms with Crippen LogP contribution in [0.4, 0.5) is 4.79 Å². The lowest BCUT2D eigenvalue weighted by Crippen LogP contribution is -2.43. The lowest BCUT2D eigenvalue weighted by atomic mass is 10.1. The van der Waals surface area contributed by atoms with Crippen LogP contribution in [0.3, 0.4) is 0 Å². The minimum absolute atomic E-state index is 0.182. The molecule has 4 amide bonds. The molecule has 1 fully saturated rings. The fourth-order valence-electron chi connectivity index (χ4n) is 4.26. The van der Waals surface area contributed by atoms with Crippen LogP contribution in [0.25, 0.3) is 10.9 Å². The van der Waals surface area contributed by atoms with Gasteiger partial charge in [0.1, 0.15) is 12.6 Å². The maximum atomic E-state index is 12.9. The van der Waals surface area contributed by atoms with Crippen molar-refractivity contribution in [1.82, 2.24) is 20.1 Å². The van der Waals surface area contributed by atoms with E-state index >= 15 is 0 Å². The zero-order valence-electron chi connectivity index (χ0n) is 18.2. The van der Waals surface area contributed by atoms with Gasteiger partial charge in [-0.15, -0.1) is 0 Å². The Labute approximate surface area is 190 Å². The van der Waals surface area contributed by atoms with Crippen molar-refractivity contribution in [3.8, 4) is 11.5 Å². The Kier molecular flexibility index (Phi) is 5.37. The van der Waals surface area contributed by atoms with E-state index in [-0.39, 0.29) is 19.2 Å². The molecule has 170 valence electrons. The smallest absolute Gasteiger partial charge is 0.325 e. The summed E-state index contributed by atoms with van der Waals surface area (Å²) in [5.74, 6) is 0.628. The van der Waals surface area contributed by atoms with E-state index < -0.39 is 18.0 Å². The van der Waals surface area contributed by atoms with E-state index in [1.165, 1.54) is 0 Å². The molecule has 0 aliphatic carbocycles. The van der Waals surface area contributed by atoms with Gasteiger partial charge in [0.2, 0.25) is 12.7 Å². The Hall–Kier alpha value is -4.01. The zero-order chi connectivity index (χ0) is 22.9. The van der Waals surface area contributed by atoms with Gasteiger partial charge in [-0.05, 0) is 36.2 Å². The molecular weight excluding hydrogens is 424 g/mol. The average molecular weight is 448 g/mol. The highest BCUT2D eigenvalue weighted by Gasteiger charge is 2.39. The quantitative estimate of drug-likeness (QED) is 0.540. The van der Waals surface area contributed by atoms with E-state index in [0.717, 1.165) is 26.9 Å². The first-order valence-electron chi connectivity index (χ1n) is 10.9. The Morgan fingerprint density at radius 1 is 1.15 bits per heavy atom. The highest BCUT2D eigenvalue weighted by Crippen LogP contribution is 2.32. The van der Waals surface area contributed by atoms with Gasteiger partial charge >= 0.3 is 6.03 Å². The molecule has 5 rings (SSSR count). The predicted molar refractivity (Wildman–Crippen MR) is 120 cm³/mol. The summed E-state index contributed by atoms with van der Waals surface area (Å²) >= 11 is 0. The number of hydrogen-bond acceptors (Lipinski definition) is 5. The second-order valence-electron chi connectivity index (χ2n) is 8.09. The number of benzene rings is 2. The van der Waals surface area contributed by atoms with Gasteiger partial charge in [0.15, 0.2) is 11.5 Å². The number of carbonyl (C=O) groups excluding carboxylic acids is 3. The minimum Gasteiger partial charge on any atom is -0.454 e. The molecule has 0 bridgehead atoms. The van der Waals surface area contributed by atoms with Gasteiger partial charge in [0.05, 0.1) is 0 Å². The molecule has 0 saturated carbocycles. The van der Waals surface area contributed by atoms with Crippen LogP contribution in [-0.4, -0.2) is 58.6 Å². The number of likely N-dealkylation sites (N-methyl/N-ethyl adjacent to an activating group) is 1. The van der Waals surface area contributed by atoms with Gasteiger partial charge in [0, 0.05) is 36.6 Å². The number of urea groups is 1. The van der Waals surface area contributed by atoms with Crippen LogP contribution >= 0.6 is 0 Å². The fraction of sp³-hybridized carbons (Fsp3) is 0.292. The number of hydrogen-bond donors (Lipinski definition) is 2. The summed E-state index contributed by atoms with van der Waals surface area (Å²) in [5.41, 5.74) is 2.79. The van der Waals surface area contributed by atoms with Crippen LogP contribution in [0.2, 0.25) is 0 Å². The van der Waals surface area contributed by atoms with E-state index in [2.05, 4.69) is 10.3 Å². The molecule has 0 radical (unpaired) electrons. The minimum atomic E-state index is -0.701. The van der Waals surface area contributed by atoms with Crippen molar-refractivity contribution >= 4 is 28.7 Å². The summed E-state index contributed by atoms with van der Waals surface area (Å²) in [5, 5.41) is 3.73. The molecule has 33 heavy (non-hydrogen) atoms. The Morgan fingerprint density at radius 2 is 1.97 bits per heavy atom. The maximum absolute atomic E-state index is 12.9. The summed E-state index contributed by atoms with van der Waals surface area (Å²) in [7, 11) is 0. The van der Waals surface area contributed by atoms with E-state index in [1.807, 2.05) is 55.6 Å². The van der Waals surface area contributed by atoms with E-state index in [4.69, 9.17) is 9.47 Å². The van der Waals surface area contributed by atoms with Crippen LogP contribution < -0.4 is 14.8 Å². The van der Waals surface area contributed by atoms with Crippen LogP contribution in [-0.2, 0) is 22.6 Å². The SMILES string of the molecule is CCN(Cc1ccc2c(c1)OCO2)C(=O)CN1C(=O)N[C@H](Cc2c[nH]c3ccccc23)C1=O. The summed E-state index contributed by atoms with van der Waals surface area (Å²) in [6, 6.07) is 12.1. The number of para-hydroxylation sites is 1. The van der Waals surface area contributed by atoms with Gasteiger partial charge in [-0.1, -0.05) is 24.3 Å². The van der Waals surface area contributed by atoms with Crippen LogP contribution in [0.15, 0.2) is 48.7 Å². The van der Waals surface area contributed by atoms with Gasteiger partial charge in [-0.3, -0.25) is 14.5 Å². The van der Waals surface area contributed by atoms with Gasteiger partial charge in [0.25, 0.3) is 5.91 Å². The summed E-state index contributed by atoms with van der Waals surface area (Å²) in [6.45, 7) is 2.52. The molecule has 9 heteroatoms. The number of nitrogens with one attached hydrogen (secondary N) is 2. The normalized spacial score (nSPS) is 17.0. The van der Waals surface area contributed by atoms with Crippen molar-refractivity contribution in [2.75, 3.05) is 19.9 Å². The van der Waals surface area contributed by atoms with Crippen molar-refractivity contribution in [2.45, 2.75) is 25.9 Å². The van der Waals surface area contributed by atoms with Crippen molar-refractivity contribution in [1.29, 1.82) is 0 Å². The van der Waals surface area contributed by atoms with E-state index in [1.54, 1.807) is 4.90 Å². The number of amides is 4. The first-order valence-corrected chi connectivity index (χ1v) is 10.9. The van der Waals surface area contributed by atoms with Crippen molar-refractivity contribution in [3.63, 3.8) is 0 Å². The largest absolute Gasteiger partial charge is 0.454 e. The molecule has 2 aromatic carbocycles. The predicted octanol–water partition coefficient (Wildman–Crippen LogP) is 2.41. The molecule has 0 unspecified atom stereocenters. The molecule has 3 aromatic rings. The highest BCUT2D eigenvalue weighted by molar-refractivity contribution is 6.06. The van der Waals surface area contributed by atoms with Crippen LogP contribution in [0, 0.1) is 0 Å². The molecule has 2 aliphatic rings. The average Bonchev–Trinajstić information content (AvgIpc) is 3.52.